The zero-order valence-electron chi connectivity index (χ0n) is 27.8. The largest absolute Gasteiger partial charge is 0.401 e. The highest BCUT2D eigenvalue weighted by Crippen LogP contribution is 2.66. The van der Waals surface area contributed by atoms with Gasteiger partial charge in [0.25, 0.3) is 0 Å². The number of carbonyl (C=O) groups excluding carboxylic acids is 2. The van der Waals surface area contributed by atoms with Gasteiger partial charge in [-0.05, 0) is 135 Å². The van der Waals surface area contributed by atoms with Crippen LogP contribution in [0.5, 0.6) is 0 Å². The Kier molecular flexibility index (Phi) is 7.12. The molecular weight excluding hydrogens is 584 g/mol. The van der Waals surface area contributed by atoms with Crippen LogP contribution in [0.25, 0.3) is 0 Å². The zero-order valence-corrected chi connectivity index (χ0v) is 28.7. The molecule has 0 unspecified atom stereocenters. The number of rotatable bonds is 4. The van der Waals surface area contributed by atoms with Crippen molar-refractivity contribution in [3.63, 3.8) is 0 Å². The standard InChI is InChI=1S/C38H54O6S/c1-35-17-13-25(21-23(35)5-7-27-29-9-11-33(39)37(29,3)19-15-31(27)35)43-45(41,42)44-26-14-18-36(2)24(22-26)6-8-28-30-10-12-34(40)38(30,4)20-16-32(28)36/h13-14,17-18,23-32H,5-12,15-16,19-22H2,1-4H3/t23-,24-,25-,26-,27-,28-,29-,30-,31-,32-,35-,36-,37-,38-/m0/s1. The van der Waals surface area contributed by atoms with Crippen LogP contribution in [0.2, 0.25) is 0 Å². The normalized spacial score (nSPS) is 53.6. The molecule has 0 radical (unpaired) electrons. The Hall–Kier alpha value is -1.31. The molecule has 0 aromatic heterocycles. The average Bonchev–Trinajstić information content (AvgIpc) is 3.47. The van der Waals surface area contributed by atoms with Crippen molar-refractivity contribution in [1.29, 1.82) is 0 Å². The number of hydrogen-bond acceptors (Lipinski definition) is 6. The molecule has 0 saturated heterocycles. The predicted molar refractivity (Wildman–Crippen MR) is 172 cm³/mol. The van der Waals surface area contributed by atoms with Gasteiger partial charge in [0.2, 0.25) is 0 Å². The molecule has 0 amide bonds. The average molecular weight is 639 g/mol. The summed E-state index contributed by atoms with van der Waals surface area (Å²) in [7, 11) is -4.17. The highest BCUT2D eigenvalue weighted by molar-refractivity contribution is 7.81. The van der Waals surface area contributed by atoms with Gasteiger partial charge in [0.15, 0.2) is 0 Å². The fourth-order valence-electron chi connectivity index (χ4n) is 13.6. The number of ketones is 2. The summed E-state index contributed by atoms with van der Waals surface area (Å²) in [4.78, 5) is 25.5. The van der Waals surface area contributed by atoms with Crippen LogP contribution in [0, 0.1) is 69.0 Å². The van der Waals surface area contributed by atoms with Gasteiger partial charge >= 0.3 is 10.4 Å². The first-order valence-corrected chi connectivity index (χ1v) is 19.7. The molecule has 8 aliphatic rings. The lowest BCUT2D eigenvalue weighted by molar-refractivity contribution is -0.135. The van der Waals surface area contributed by atoms with E-state index < -0.39 is 22.6 Å². The third-order valence-electron chi connectivity index (χ3n) is 16.2. The van der Waals surface area contributed by atoms with E-state index in [1.807, 2.05) is 12.2 Å². The molecule has 0 bridgehead atoms. The molecule has 45 heavy (non-hydrogen) atoms. The van der Waals surface area contributed by atoms with E-state index in [1.165, 1.54) is 0 Å². The SMILES string of the molecule is C[C@]12C=C[C@H](OS(=O)(=O)O[C@H]3C=C[C@@]4(C)[C@@H](CC[C@@H]5[C@@H]4CC[C@]4(C)C(=O)CC[C@@H]54)C3)C[C@@H]1CC[C@@H]1[C@@H]2CC[C@]2(C)C(=O)CC[C@@H]12. The second-order valence-corrected chi connectivity index (χ2v) is 18.9. The fraction of sp³-hybridized carbons (Fsp3) is 0.842. The van der Waals surface area contributed by atoms with Gasteiger partial charge in [-0.15, -0.1) is 0 Å². The van der Waals surface area contributed by atoms with Gasteiger partial charge in [0, 0.05) is 23.7 Å². The van der Waals surface area contributed by atoms with Crippen LogP contribution in [-0.2, 0) is 28.4 Å². The maximum atomic E-state index is 13.3. The molecule has 0 heterocycles. The second kappa shape index (κ2) is 10.3. The van der Waals surface area contributed by atoms with Crippen LogP contribution >= 0.6 is 0 Å². The van der Waals surface area contributed by atoms with E-state index in [0.29, 0.717) is 71.8 Å². The Labute approximate surface area is 270 Å². The molecule has 6 fully saturated rings. The van der Waals surface area contributed by atoms with Crippen molar-refractivity contribution in [3.8, 4) is 0 Å². The number of carbonyl (C=O) groups is 2. The predicted octanol–water partition coefficient (Wildman–Crippen LogP) is 7.78. The summed E-state index contributed by atoms with van der Waals surface area (Å²) < 4.78 is 38.2. The number of hydrogen-bond donors (Lipinski definition) is 0. The summed E-state index contributed by atoms with van der Waals surface area (Å²) in [6.45, 7) is 9.20. The lowest BCUT2D eigenvalue weighted by Gasteiger charge is -2.58. The van der Waals surface area contributed by atoms with Crippen LogP contribution in [-0.4, -0.2) is 32.2 Å². The lowest BCUT2D eigenvalue weighted by atomic mass is 9.46. The lowest BCUT2D eigenvalue weighted by Crippen LogP contribution is -2.53. The van der Waals surface area contributed by atoms with Crippen LogP contribution < -0.4 is 0 Å². The molecule has 0 aromatic carbocycles. The van der Waals surface area contributed by atoms with E-state index in [1.54, 1.807) is 0 Å². The van der Waals surface area contributed by atoms with Crippen molar-refractivity contribution in [1.82, 2.24) is 0 Å². The van der Waals surface area contributed by atoms with E-state index in [-0.39, 0.29) is 21.7 Å². The molecule has 0 N–H and O–H groups in total. The minimum atomic E-state index is -4.17. The molecule has 6 saturated carbocycles. The number of fused-ring (bicyclic) bond motifs is 10. The highest BCUT2D eigenvalue weighted by Gasteiger charge is 2.61. The van der Waals surface area contributed by atoms with E-state index in [4.69, 9.17) is 8.37 Å². The molecular formula is C38H54O6S. The minimum Gasteiger partial charge on any atom is -0.299 e. The van der Waals surface area contributed by atoms with Gasteiger partial charge in [-0.25, -0.2) is 8.37 Å². The molecule has 8 aliphatic carbocycles. The second-order valence-electron chi connectivity index (χ2n) is 17.7. The molecule has 6 nitrogen and oxygen atoms in total. The quantitative estimate of drug-likeness (QED) is 0.292. The molecule has 0 aromatic rings. The third kappa shape index (κ3) is 4.55. The monoisotopic (exact) mass is 638 g/mol. The summed E-state index contributed by atoms with van der Waals surface area (Å²) in [6.07, 6.45) is 21.1. The van der Waals surface area contributed by atoms with Crippen molar-refractivity contribution < 1.29 is 26.4 Å². The Morgan fingerprint density at radius 3 is 1.44 bits per heavy atom. The molecule has 8 rings (SSSR count). The van der Waals surface area contributed by atoms with Crippen molar-refractivity contribution in [2.45, 2.75) is 130 Å². The first kappa shape index (κ1) is 31.0. The highest BCUT2D eigenvalue weighted by atomic mass is 32.3. The Morgan fingerprint density at radius 2 is 1.02 bits per heavy atom. The Morgan fingerprint density at radius 1 is 0.600 bits per heavy atom. The maximum Gasteiger partial charge on any atom is 0.401 e. The van der Waals surface area contributed by atoms with E-state index >= 15 is 0 Å². The molecule has 248 valence electrons. The van der Waals surface area contributed by atoms with E-state index in [0.717, 1.165) is 77.0 Å². The number of allylic oxidation sites excluding steroid dienone is 2. The summed E-state index contributed by atoms with van der Waals surface area (Å²) >= 11 is 0. The van der Waals surface area contributed by atoms with Crippen LogP contribution in [0.4, 0.5) is 0 Å². The summed E-state index contributed by atoms with van der Waals surface area (Å²) in [5, 5.41) is 0. The summed E-state index contributed by atoms with van der Waals surface area (Å²) in [6, 6.07) is 0. The Bertz CT molecular complexity index is 1330. The van der Waals surface area contributed by atoms with Crippen LogP contribution in [0.1, 0.15) is 118 Å². The van der Waals surface area contributed by atoms with Gasteiger partial charge in [0.05, 0.1) is 12.2 Å². The minimum absolute atomic E-state index is 0.0259. The Balaban J connectivity index is 0.924. The van der Waals surface area contributed by atoms with Crippen molar-refractivity contribution in [2.75, 3.05) is 0 Å². The van der Waals surface area contributed by atoms with Crippen molar-refractivity contribution >= 4 is 22.0 Å². The van der Waals surface area contributed by atoms with E-state index in [9.17, 15) is 18.0 Å². The smallest absolute Gasteiger partial charge is 0.299 e. The third-order valence-corrected chi connectivity index (χ3v) is 17.2. The van der Waals surface area contributed by atoms with Gasteiger partial charge in [-0.1, -0.05) is 52.0 Å². The van der Waals surface area contributed by atoms with Gasteiger partial charge in [-0.2, -0.15) is 8.42 Å². The molecule has 7 heteroatoms. The van der Waals surface area contributed by atoms with Gasteiger partial charge in [0.1, 0.15) is 11.6 Å². The number of Topliss-reactive ketones (excluding diaryl/α,β-unsaturated/α-hetero) is 2. The molecule has 14 atom stereocenters. The first-order valence-electron chi connectivity index (χ1n) is 18.3. The van der Waals surface area contributed by atoms with Crippen molar-refractivity contribution in [3.05, 3.63) is 24.3 Å². The molecule has 0 aliphatic heterocycles. The summed E-state index contributed by atoms with van der Waals surface area (Å²) in [5.41, 5.74) is -0.201. The fourth-order valence-corrected chi connectivity index (χ4v) is 14.5. The summed E-state index contributed by atoms with van der Waals surface area (Å²) in [5.74, 6) is 4.99. The molecule has 0 spiro atoms. The van der Waals surface area contributed by atoms with Gasteiger partial charge in [-0.3, -0.25) is 9.59 Å². The zero-order chi connectivity index (χ0) is 31.6. The maximum absolute atomic E-state index is 13.3. The van der Waals surface area contributed by atoms with Crippen molar-refractivity contribution in [2.24, 2.45) is 69.0 Å². The first-order chi connectivity index (χ1) is 21.3. The van der Waals surface area contributed by atoms with Crippen LogP contribution in [0.3, 0.4) is 0 Å². The van der Waals surface area contributed by atoms with Crippen LogP contribution in [0.15, 0.2) is 24.3 Å². The van der Waals surface area contributed by atoms with Gasteiger partial charge < -0.3 is 0 Å². The topological polar surface area (TPSA) is 86.7 Å². The van der Waals surface area contributed by atoms with E-state index in [2.05, 4.69) is 39.8 Å².